The molecule has 0 fully saturated rings. The lowest BCUT2D eigenvalue weighted by molar-refractivity contribution is 0.740. The van der Waals surface area contributed by atoms with E-state index < -0.39 is 0 Å². The molecular weight excluding hydrogens is 293 g/mol. The van der Waals surface area contributed by atoms with Crippen LogP contribution in [0, 0.1) is 0 Å². The molecule has 5 heteroatoms. The Morgan fingerprint density at radius 3 is 2.80 bits per heavy atom. The van der Waals surface area contributed by atoms with E-state index in [9.17, 15) is 0 Å². The van der Waals surface area contributed by atoms with Gasteiger partial charge in [-0.1, -0.05) is 23.7 Å². The van der Waals surface area contributed by atoms with Crippen molar-refractivity contribution in [1.29, 1.82) is 0 Å². The Morgan fingerprint density at radius 1 is 1.25 bits per heavy atom. The lowest BCUT2D eigenvalue weighted by Crippen LogP contribution is -2.06. The van der Waals surface area contributed by atoms with Crippen molar-refractivity contribution in [3.05, 3.63) is 59.1 Å². The number of nitrogens with zero attached hydrogens (tertiary/aromatic N) is 3. The number of rotatable bonds is 3. The molecule has 102 valence electrons. The minimum Gasteiger partial charge on any atom is -0.321 e. The van der Waals surface area contributed by atoms with Crippen LogP contribution in [-0.2, 0) is 6.54 Å². The summed E-state index contributed by atoms with van der Waals surface area (Å²) >= 11 is 12.6. The summed E-state index contributed by atoms with van der Waals surface area (Å²) < 4.78 is 2.06. The van der Waals surface area contributed by atoms with E-state index >= 15 is 0 Å². The van der Waals surface area contributed by atoms with E-state index in [1.165, 1.54) is 0 Å². The highest BCUT2D eigenvalue weighted by Crippen LogP contribution is 2.29. The van der Waals surface area contributed by atoms with Gasteiger partial charge in [-0.3, -0.25) is 4.98 Å². The fourth-order valence-electron chi connectivity index (χ4n) is 2.30. The molecule has 1 unspecified atom stereocenters. The molecule has 2 heterocycles. The van der Waals surface area contributed by atoms with Crippen molar-refractivity contribution < 1.29 is 0 Å². The molecule has 0 bridgehead atoms. The average Bonchev–Trinajstić information content (AvgIpc) is 2.80. The minimum absolute atomic E-state index is 0.185. The van der Waals surface area contributed by atoms with E-state index in [1.807, 2.05) is 43.5 Å². The van der Waals surface area contributed by atoms with E-state index in [0.717, 1.165) is 22.4 Å². The summed E-state index contributed by atoms with van der Waals surface area (Å²) in [5.41, 5.74) is 2.87. The molecule has 0 N–H and O–H groups in total. The number of pyridine rings is 1. The van der Waals surface area contributed by atoms with Gasteiger partial charge in [0.05, 0.1) is 28.0 Å². The Kier molecular flexibility index (Phi) is 3.64. The van der Waals surface area contributed by atoms with Crippen molar-refractivity contribution in [1.82, 2.24) is 14.5 Å². The van der Waals surface area contributed by atoms with Crippen LogP contribution < -0.4 is 0 Å². The second-order valence-electron chi connectivity index (χ2n) is 4.64. The molecule has 3 aromatic rings. The van der Waals surface area contributed by atoms with E-state index in [-0.39, 0.29) is 5.38 Å². The summed E-state index contributed by atoms with van der Waals surface area (Å²) in [7, 11) is 0. The van der Waals surface area contributed by atoms with Crippen LogP contribution in [0.25, 0.3) is 11.0 Å². The Labute approximate surface area is 127 Å². The topological polar surface area (TPSA) is 30.7 Å². The first-order valence-corrected chi connectivity index (χ1v) is 7.16. The maximum atomic E-state index is 6.33. The highest BCUT2D eigenvalue weighted by atomic mass is 35.5. The second kappa shape index (κ2) is 5.43. The van der Waals surface area contributed by atoms with Crippen molar-refractivity contribution in [2.24, 2.45) is 0 Å². The van der Waals surface area contributed by atoms with Gasteiger partial charge in [-0.2, -0.15) is 0 Å². The number of para-hydroxylation sites is 1. The van der Waals surface area contributed by atoms with Gasteiger partial charge in [0.15, 0.2) is 0 Å². The zero-order valence-corrected chi connectivity index (χ0v) is 12.4. The Balaban J connectivity index is 2.19. The number of imidazole rings is 1. The first-order chi connectivity index (χ1) is 9.66. The standard InChI is InChI=1S/C15H13Cl2N3/c1-10(16)15-19-13-6-2-5-12(17)14(13)20(15)9-11-4-3-7-18-8-11/h2-8,10H,9H2,1H3. The van der Waals surface area contributed by atoms with Gasteiger partial charge in [0.2, 0.25) is 0 Å². The van der Waals surface area contributed by atoms with Crippen LogP contribution in [0.3, 0.4) is 0 Å². The van der Waals surface area contributed by atoms with Gasteiger partial charge < -0.3 is 4.57 Å². The molecule has 20 heavy (non-hydrogen) atoms. The molecule has 0 amide bonds. The summed E-state index contributed by atoms with van der Waals surface area (Å²) in [6.07, 6.45) is 3.60. The second-order valence-corrected chi connectivity index (χ2v) is 5.70. The Hall–Kier alpha value is -1.58. The highest BCUT2D eigenvalue weighted by molar-refractivity contribution is 6.35. The molecule has 0 spiro atoms. The van der Waals surface area contributed by atoms with Gasteiger partial charge >= 0.3 is 0 Å². The van der Waals surface area contributed by atoms with Gasteiger partial charge in [-0.25, -0.2) is 4.98 Å². The molecule has 0 radical (unpaired) electrons. The number of benzene rings is 1. The van der Waals surface area contributed by atoms with Crippen molar-refractivity contribution in [3.8, 4) is 0 Å². The van der Waals surface area contributed by atoms with Gasteiger partial charge in [0, 0.05) is 12.4 Å². The zero-order valence-electron chi connectivity index (χ0n) is 10.9. The average molecular weight is 306 g/mol. The fraction of sp³-hybridized carbons (Fsp3) is 0.200. The molecule has 3 rings (SSSR count). The monoisotopic (exact) mass is 305 g/mol. The van der Waals surface area contributed by atoms with Crippen LogP contribution >= 0.6 is 23.2 Å². The van der Waals surface area contributed by atoms with Crippen molar-refractivity contribution in [2.45, 2.75) is 18.8 Å². The predicted octanol–water partition coefficient (Wildman–Crippen LogP) is 4.43. The lowest BCUT2D eigenvalue weighted by Gasteiger charge is -2.11. The van der Waals surface area contributed by atoms with E-state index in [1.54, 1.807) is 6.20 Å². The van der Waals surface area contributed by atoms with E-state index in [2.05, 4.69) is 14.5 Å². The largest absolute Gasteiger partial charge is 0.321 e. The predicted molar refractivity (Wildman–Crippen MR) is 82.4 cm³/mol. The smallest absolute Gasteiger partial charge is 0.128 e. The molecule has 0 aliphatic heterocycles. The molecule has 2 aromatic heterocycles. The van der Waals surface area contributed by atoms with Crippen LogP contribution in [0.1, 0.15) is 23.7 Å². The number of hydrogen-bond acceptors (Lipinski definition) is 2. The van der Waals surface area contributed by atoms with E-state index in [4.69, 9.17) is 23.2 Å². The molecule has 0 aliphatic rings. The number of fused-ring (bicyclic) bond motifs is 1. The SMILES string of the molecule is CC(Cl)c1nc2cccc(Cl)c2n1Cc1cccnc1. The fourth-order valence-corrected chi connectivity index (χ4v) is 2.74. The van der Waals surface area contributed by atoms with Gasteiger partial charge in [-0.05, 0) is 30.7 Å². The minimum atomic E-state index is -0.185. The number of alkyl halides is 1. The van der Waals surface area contributed by atoms with E-state index in [0.29, 0.717) is 11.6 Å². The molecule has 1 atom stereocenters. The maximum Gasteiger partial charge on any atom is 0.128 e. The van der Waals surface area contributed by atoms with Gasteiger partial charge in [0.1, 0.15) is 5.82 Å². The highest BCUT2D eigenvalue weighted by Gasteiger charge is 2.17. The van der Waals surface area contributed by atoms with Gasteiger partial charge in [-0.15, -0.1) is 11.6 Å². The zero-order chi connectivity index (χ0) is 14.1. The summed E-state index contributed by atoms with van der Waals surface area (Å²) in [6.45, 7) is 2.57. The van der Waals surface area contributed by atoms with Crippen LogP contribution in [0.2, 0.25) is 5.02 Å². The Morgan fingerprint density at radius 2 is 2.10 bits per heavy atom. The van der Waals surface area contributed by atoms with Crippen LogP contribution in [0.5, 0.6) is 0 Å². The summed E-state index contributed by atoms with van der Waals surface area (Å²) in [5.74, 6) is 0.818. The Bertz CT molecular complexity index is 735. The third-order valence-electron chi connectivity index (χ3n) is 3.17. The van der Waals surface area contributed by atoms with Gasteiger partial charge in [0.25, 0.3) is 0 Å². The summed E-state index contributed by atoms with van der Waals surface area (Å²) in [5, 5.41) is 0.498. The third-order valence-corrected chi connectivity index (χ3v) is 3.67. The quantitative estimate of drug-likeness (QED) is 0.670. The molecule has 0 saturated carbocycles. The molecule has 1 aromatic carbocycles. The molecule has 0 aliphatic carbocycles. The first kappa shape index (κ1) is 13.4. The molecule has 0 saturated heterocycles. The maximum absolute atomic E-state index is 6.33. The van der Waals surface area contributed by atoms with Crippen LogP contribution in [0.4, 0.5) is 0 Å². The van der Waals surface area contributed by atoms with Crippen LogP contribution in [0.15, 0.2) is 42.7 Å². The molecule has 3 nitrogen and oxygen atoms in total. The third kappa shape index (κ3) is 2.39. The number of aromatic nitrogens is 3. The normalized spacial score (nSPS) is 12.8. The summed E-state index contributed by atoms with van der Waals surface area (Å²) in [4.78, 5) is 8.74. The first-order valence-electron chi connectivity index (χ1n) is 6.34. The number of hydrogen-bond donors (Lipinski definition) is 0. The molecular formula is C15H13Cl2N3. The summed E-state index contributed by atoms with van der Waals surface area (Å²) in [6, 6.07) is 9.66. The number of halogens is 2. The van der Waals surface area contributed by atoms with Crippen LogP contribution in [-0.4, -0.2) is 14.5 Å². The van der Waals surface area contributed by atoms with Crippen molar-refractivity contribution in [3.63, 3.8) is 0 Å². The van der Waals surface area contributed by atoms with Crippen molar-refractivity contribution in [2.75, 3.05) is 0 Å². The lowest BCUT2D eigenvalue weighted by atomic mass is 10.2. The van der Waals surface area contributed by atoms with Crippen molar-refractivity contribution >= 4 is 34.2 Å².